The Labute approximate surface area is 122 Å². The Morgan fingerprint density at radius 2 is 2.00 bits per heavy atom. The molecule has 4 nitrogen and oxygen atoms in total. The molecule has 20 heavy (non-hydrogen) atoms. The Kier molecular flexibility index (Phi) is 4.34. The number of nitrogens with two attached hydrogens (primary N) is 1. The molecular formula is C16H26N4. The van der Waals surface area contributed by atoms with E-state index in [1.165, 1.54) is 43.9 Å². The Hall–Kier alpha value is -0.970. The number of piperidine rings is 1. The van der Waals surface area contributed by atoms with Gasteiger partial charge in [-0.25, -0.2) is 0 Å². The maximum atomic E-state index is 5.99. The smallest absolute Gasteiger partial charge is 0.0544 e. The summed E-state index contributed by atoms with van der Waals surface area (Å²) in [5.41, 5.74) is 8.42. The summed E-state index contributed by atoms with van der Waals surface area (Å²) >= 11 is 0. The van der Waals surface area contributed by atoms with Gasteiger partial charge >= 0.3 is 0 Å². The summed E-state index contributed by atoms with van der Waals surface area (Å²) in [5, 5.41) is 0. The van der Waals surface area contributed by atoms with Gasteiger partial charge in [-0.1, -0.05) is 6.07 Å². The van der Waals surface area contributed by atoms with E-state index in [1.807, 2.05) is 6.20 Å². The Bertz CT molecular complexity index is 423. The van der Waals surface area contributed by atoms with Crippen molar-refractivity contribution in [2.75, 3.05) is 26.2 Å². The summed E-state index contributed by atoms with van der Waals surface area (Å²) in [6.45, 7) is 7.83. The van der Waals surface area contributed by atoms with E-state index in [0.29, 0.717) is 6.04 Å². The quantitative estimate of drug-likeness (QED) is 0.905. The maximum Gasteiger partial charge on any atom is 0.0544 e. The number of rotatable bonds is 3. The molecule has 0 spiro atoms. The van der Waals surface area contributed by atoms with Crippen LogP contribution in [0.5, 0.6) is 0 Å². The third-order valence-corrected chi connectivity index (χ3v) is 4.70. The molecule has 1 aromatic heterocycles. The molecule has 110 valence electrons. The zero-order valence-electron chi connectivity index (χ0n) is 12.5. The molecule has 2 aliphatic rings. The lowest BCUT2D eigenvalue weighted by molar-refractivity contribution is 0.151. The maximum absolute atomic E-state index is 5.99. The van der Waals surface area contributed by atoms with Gasteiger partial charge in [-0.05, 0) is 50.9 Å². The summed E-state index contributed by atoms with van der Waals surface area (Å²) < 4.78 is 0. The highest BCUT2D eigenvalue weighted by Gasteiger charge is 2.29. The molecule has 2 fully saturated rings. The monoisotopic (exact) mass is 274 g/mol. The second kappa shape index (κ2) is 6.20. The number of hydrogen-bond acceptors (Lipinski definition) is 4. The van der Waals surface area contributed by atoms with E-state index in [1.54, 1.807) is 0 Å². The topological polar surface area (TPSA) is 45.4 Å². The lowest BCUT2D eigenvalue weighted by atomic mass is 10.0. The van der Waals surface area contributed by atoms with Crippen LogP contribution in [-0.2, 0) is 6.54 Å². The van der Waals surface area contributed by atoms with E-state index >= 15 is 0 Å². The van der Waals surface area contributed by atoms with E-state index in [9.17, 15) is 0 Å². The molecule has 1 atom stereocenters. The molecule has 0 amide bonds. The van der Waals surface area contributed by atoms with Gasteiger partial charge in [0.15, 0.2) is 0 Å². The summed E-state index contributed by atoms with van der Waals surface area (Å²) in [6, 6.07) is 5.47. The molecule has 2 aliphatic heterocycles. The molecule has 1 unspecified atom stereocenters. The van der Waals surface area contributed by atoms with Crippen LogP contribution in [0.15, 0.2) is 18.3 Å². The van der Waals surface area contributed by atoms with Crippen LogP contribution in [0.4, 0.5) is 0 Å². The zero-order chi connectivity index (χ0) is 13.9. The fourth-order valence-electron chi connectivity index (χ4n) is 3.36. The lowest BCUT2D eigenvalue weighted by Crippen LogP contribution is -2.46. The van der Waals surface area contributed by atoms with Gasteiger partial charge in [-0.15, -0.1) is 0 Å². The van der Waals surface area contributed by atoms with E-state index in [0.717, 1.165) is 25.4 Å². The van der Waals surface area contributed by atoms with Gasteiger partial charge in [0.25, 0.3) is 0 Å². The summed E-state index contributed by atoms with van der Waals surface area (Å²) in [6.07, 6.45) is 5.59. The van der Waals surface area contributed by atoms with Gasteiger partial charge in [0.2, 0.25) is 0 Å². The third kappa shape index (κ3) is 3.37. The molecule has 0 aromatic carbocycles. The molecule has 0 aliphatic carbocycles. The Morgan fingerprint density at radius 3 is 2.70 bits per heavy atom. The highest BCUT2D eigenvalue weighted by atomic mass is 15.3. The first-order chi connectivity index (χ1) is 9.70. The first-order valence-electron chi connectivity index (χ1n) is 7.84. The van der Waals surface area contributed by atoms with E-state index < -0.39 is 0 Å². The molecule has 4 heteroatoms. The van der Waals surface area contributed by atoms with Crippen molar-refractivity contribution in [3.63, 3.8) is 0 Å². The van der Waals surface area contributed by atoms with Crippen molar-refractivity contribution in [3.05, 3.63) is 29.6 Å². The molecule has 0 saturated carbocycles. The van der Waals surface area contributed by atoms with E-state index in [2.05, 4.69) is 33.8 Å². The normalized spacial score (nSPS) is 26.2. The Balaban J connectivity index is 1.50. The van der Waals surface area contributed by atoms with Gasteiger partial charge in [0, 0.05) is 37.9 Å². The minimum atomic E-state index is 0.431. The number of likely N-dealkylation sites (tertiary alicyclic amines) is 2. The number of nitrogens with zero attached hydrogens (tertiary/aromatic N) is 3. The fraction of sp³-hybridized carbons (Fsp3) is 0.688. The minimum absolute atomic E-state index is 0.431. The first-order valence-corrected chi connectivity index (χ1v) is 7.84. The van der Waals surface area contributed by atoms with Crippen LogP contribution in [0, 0.1) is 6.92 Å². The van der Waals surface area contributed by atoms with Crippen molar-refractivity contribution < 1.29 is 0 Å². The molecule has 1 aromatic rings. The van der Waals surface area contributed by atoms with E-state index in [4.69, 9.17) is 5.73 Å². The lowest BCUT2D eigenvalue weighted by Gasteiger charge is -2.34. The van der Waals surface area contributed by atoms with Gasteiger partial charge in [-0.3, -0.25) is 14.8 Å². The fourth-order valence-corrected chi connectivity index (χ4v) is 3.36. The highest BCUT2D eigenvalue weighted by Crippen LogP contribution is 2.21. The van der Waals surface area contributed by atoms with Crippen LogP contribution in [0.3, 0.4) is 0 Å². The number of pyridine rings is 1. The molecule has 0 radical (unpaired) electrons. The van der Waals surface area contributed by atoms with Crippen molar-refractivity contribution in [3.8, 4) is 0 Å². The van der Waals surface area contributed by atoms with Crippen molar-refractivity contribution in [2.45, 2.75) is 44.8 Å². The molecular weight excluding hydrogens is 248 g/mol. The zero-order valence-corrected chi connectivity index (χ0v) is 12.5. The largest absolute Gasteiger partial charge is 0.328 e. The summed E-state index contributed by atoms with van der Waals surface area (Å²) in [7, 11) is 0. The predicted molar refractivity (Wildman–Crippen MR) is 81.4 cm³/mol. The van der Waals surface area contributed by atoms with Crippen molar-refractivity contribution in [1.82, 2.24) is 14.8 Å². The first kappa shape index (κ1) is 14.0. The van der Waals surface area contributed by atoms with Crippen LogP contribution in [0.2, 0.25) is 0 Å². The van der Waals surface area contributed by atoms with Gasteiger partial charge in [0.1, 0.15) is 0 Å². The van der Waals surface area contributed by atoms with Gasteiger partial charge in [-0.2, -0.15) is 0 Å². The molecule has 0 bridgehead atoms. The molecule has 3 heterocycles. The molecule has 2 saturated heterocycles. The standard InChI is InChI=1S/C16H26N4/c1-13-2-3-15(18-10-13)11-19-7-6-16(12-19)20-8-4-14(17)5-9-20/h2-3,10,14,16H,4-9,11-12,17H2,1H3. The van der Waals surface area contributed by atoms with Crippen molar-refractivity contribution >= 4 is 0 Å². The average Bonchev–Trinajstić information content (AvgIpc) is 2.91. The van der Waals surface area contributed by atoms with Crippen LogP contribution in [-0.4, -0.2) is 53.0 Å². The van der Waals surface area contributed by atoms with Gasteiger partial charge in [0.05, 0.1) is 5.69 Å². The van der Waals surface area contributed by atoms with Gasteiger partial charge < -0.3 is 5.73 Å². The average molecular weight is 274 g/mol. The minimum Gasteiger partial charge on any atom is -0.328 e. The van der Waals surface area contributed by atoms with Crippen LogP contribution in [0.1, 0.15) is 30.5 Å². The van der Waals surface area contributed by atoms with E-state index in [-0.39, 0.29) is 0 Å². The van der Waals surface area contributed by atoms with Crippen LogP contribution in [0.25, 0.3) is 0 Å². The van der Waals surface area contributed by atoms with Crippen molar-refractivity contribution in [2.24, 2.45) is 5.73 Å². The van der Waals surface area contributed by atoms with Crippen LogP contribution >= 0.6 is 0 Å². The predicted octanol–water partition coefficient (Wildman–Crippen LogP) is 1.39. The second-order valence-corrected chi connectivity index (χ2v) is 6.38. The third-order valence-electron chi connectivity index (χ3n) is 4.70. The number of aryl methyl sites for hydroxylation is 1. The Morgan fingerprint density at radius 1 is 1.20 bits per heavy atom. The highest BCUT2D eigenvalue weighted by molar-refractivity contribution is 5.12. The SMILES string of the molecule is Cc1ccc(CN2CCC(N3CCC(N)CC3)C2)nc1. The number of aromatic nitrogens is 1. The molecule has 3 rings (SSSR count). The second-order valence-electron chi connectivity index (χ2n) is 6.38. The molecule has 2 N–H and O–H groups in total. The number of hydrogen-bond donors (Lipinski definition) is 1. The summed E-state index contributed by atoms with van der Waals surface area (Å²) in [5.74, 6) is 0. The summed E-state index contributed by atoms with van der Waals surface area (Å²) in [4.78, 5) is 9.70. The van der Waals surface area contributed by atoms with Crippen molar-refractivity contribution in [1.29, 1.82) is 0 Å². The van der Waals surface area contributed by atoms with Crippen LogP contribution < -0.4 is 5.73 Å².